The van der Waals surface area contributed by atoms with Gasteiger partial charge in [-0.1, -0.05) is 6.07 Å². The van der Waals surface area contributed by atoms with Gasteiger partial charge in [-0.15, -0.1) is 0 Å². The topological polar surface area (TPSA) is 98.7 Å². The first-order valence-electron chi connectivity index (χ1n) is 6.00. The third-order valence-electron chi connectivity index (χ3n) is 2.35. The molecule has 0 radical (unpaired) electrons. The van der Waals surface area contributed by atoms with Crippen LogP contribution in [0.15, 0.2) is 18.2 Å². The minimum Gasteiger partial charge on any atom is -0.504 e. The normalized spacial score (nSPS) is 10.3. The zero-order valence-corrected chi connectivity index (χ0v) is 10.9. The van der Waals surface area contributed by atoms with Crippen molar-refractivity contribution in [2.24, 2.45) is 0 Å². The SMILES string of the molecule is CC(C)NC(=O)CCNC(=O)c1cccc(O)c1O. The summed E-state index contributed by atoms with van der Waals surface area (Å²) < 4.78 is 0. The van der Waals surface area contributed by atoms with Gasteiger partial charge < -0.3 is 20.8 Å². The molecule has 0 aliphatic carbocycles. The van der Waals surface area contributed by atoms with Gasteiger partial charge in [-0.25, -0.2) is 0 Å². The maximum atomic E-state index is 11.7. The molecule has 0 spiro atoms. The minimum absolute atomic E-state index is 0.0238. The Morgan fingerprint density at radius 1 is 1.26 bits per heavy atom. The molecule has 0 saturated heterocycles. The second kappa shape index (κ2) is 6.63. The third-order valence-corrected chi connectivity index (χ3v) is 2.35. The molecular weight excluding hydrogens is 248 g/mol. The lowest BCUT2D eigenvalue weighted by molar-refractivity contribution is -0.121. The maximum Gasteiger partial charge on any atom is 0.255 e. The monoisotopic (exact) mass is 266 g/mol. The van der Waals surface area contributed by atoms with E-state index in [1.165, 1.54) is 18.2 Å². The number of phenols is 2. The van der Waals surface area contributed by atoms with Gasteiger partial charge in [0, 0.05) is 19.0 Å². The molecule has 1 rings (SSSR count). The van der Waals surface area contributed by atoms with E-state index in [1.807, 2.05) is 13.8 Å². The van der Waals surface area contributed by atoms with Crippen molar-refractivity contribution >= 4 is 11.8 Å². The highest BCUT2D eigenvalue weighted by atomic mass is 16.3. The Bertz CT molecular complexity index is 472. The second-order valence-electron chi connectivity index (χ2n) is 4.40. The molecule has 6 heteroatoms. The van der Waals surface area contributed by atoms with E-state index >= 15 is 0 Å². The molecule has 0 fully saturated rings. The van der Waals surface area contributed by atoms with Crippen LogP contribution in [0.25, 0.3) is 0 Å². The predicted molar refractivity (Wildman–Crippen MR) is 70.0 cm³/mol. The van der Waals surface area contributed by atoms with Crippen LogP contribution in [0, 0.1) is 0 Å². The highest BCUT2D eigenvalue weighted by Crippen LogP contribution is 2.27. The van der Waals surface area contributed by atoms with E-state index in [9.17, 15) is 19.8 Å². The molecule has 1 aromatic carbocycles. The summed E-state index contributed by atoms with van der Waals surface area (Å²) in [5.41, 5.74) is -0.0238. The first kappa shape index (κ1) is 14.8. The van der Waals surface area contributed by atoms with Crippen LogP contribution in [-0.4, -0.2) is 34.6 Å². The molecule has 0 saturated carbocycles. The lowest BCUT2D eigenvalue weighted by atomic mass is 10.1. The number of benzene rings is 1. The lowest BCUT2D eigenvalue weighted by Crippen LogP contribution is -2.34. The molecular formula is C13H18N2O4. The van der Waals surface area contributed by atoms with Crippen LogP contribution in [0.2, 0.25) is 0 Å². The van der Waals surface area contributed by atoms with Crippen molar-refractivity contribution in [1.29, 1.82) is 0 Å². The largest absolute Gasteiger partial charge is 0.504 e. The van der Waals surface area contributed by atoms with E-state index in [0.29, 0.717) is 0 Å². The van der Waals surface area contributed by atoms with E-state index in [1.54, 1.807) is 0 Å². The Morgan fingerprint density at radius 2 is 1.95 bits per heavy atom. The number of aromatic hydroxyl groups is 2. The molecule has 0 heterocycles. The summed E-state index contributed by atoms with van der Waals surface area (Å²) in [7, 11) is 0. The summed E-state index contributed by atoms with van der Waals surface area (Å²) in [5.74, 6) is -1.52. The molecule has 0 unspecified atom stereocenters. The molecule has 1 aromatic rings. The number of phenolic OH excluding ortho intramolecular Hbond substituents is 2. The fourth-order valence-corrected chi connectivity index (χ4v) is 1.49. The summed E-state index contributed by atoms with van der Waals surface area (Å²) in [6.45, 7) is 3.86. The van der Waals surface area contributed by atoms with Gasteiger partial charge in [0.1, 0.15) is 0 Å². The number of carbonyl (C=O) groups excluding carboxylic acids is 2. The van der Waals surface area contributed by atoms with Crippen molar-refractivity contribution in [2.45, 2.75) is 26.3 Å². The highest BCUT2D eigenvalue weighted by Gasteiger charge is 2.13. The molecule has 0 bridgehead atoms. The van der Waals surface area contributed by atoms with Gasteiger partial charge in [-0.05, 0) is 26.0 Å². The summed E-state index contributed by atoms with van der Waals surface area (Å²) in [6.07, 6.45) is 0.156. The van der Waals surface area contributed by atoms with Crippen molar-refractivity contribution < 1.29 is 19.8 Å². The van der Waals surface area contributed by atoms with Crippen molar-refractivity contribution in [3.05, 3.63) is 23.8 Å². The molecule has 0 aromatic heterocycles. The van der Waals surface area contributed by atoms with Gasteiger partial charge >= 0.3 is 0 Å². The van der Waals surface area contributed by atoms with Crippen LogP contribution in [0.3, 0.4) is 0 Å². The average molecular weight is 266 g/mol. The van der Waals surface area contributed by atoms with Gasteiger partial charge in [0.05, 0.1) is 5.56 Å². The Kier molecular flexibility index (Phi) is 5.17. The molecule has 19 heavy (non-hydrogen) atoms. The number of rotatable bonds is 5. The van der Waals surface area contributed by atoms with E-state index in [0.717, 1.165) is 0 Å². The van der Waals surface area contributed by atoms with Gasteiger partial charge in [0.2, 0.25) is 5.91 Å². The Hall–Kier alpha value is -2.24. The number of nitrogens with one attached hydrogen (secondary N) is 2. The van der Waals surface area contributed by atoms with Gasteiger partial charge in [-0.2, -0.15) is 0 Å². The zero-order chi connectivity index (χ0) is 14.4. The highest BCUT2D eigenvalue weighted by molar-refractivity contribution is 5.97. The summed E-state index contributed by atoms with van der Waals surface area (Å²) >= 11 is 0. The molecule has 0 aliphatic heterocycles. The summed E-state index contributed by atoms with van der Waals surface area (Å²) in [5, 5.41) is 24.0. The molecule has 2 amide bonds. The van der Waals surface area contributed by atoms with E-state index < -0.39 is 11.7 Å². The first-order chi connectivity index (χ1) is 8.91. The van der Waals surface area contributed by atoms with Gasteiger partial charge in [0.15, 0.2) is 11.5 Å². The van der Waals surface area contributed by atoms with E-state index in [2.05, 4.69) is 10.6 Å². The molecule has 4 N–H and O–H groups in total. The molecule has 0 aliphatic rings. The second-order valence-corrected chi connectivity index (χ2v) is 4.40. The molecule has 6 nitrogen and oxygen atoms in total. The van der Waals surface area contributed by atoms with Crippen LogP contribution in [-0.2, 0) is 4.79 Å². The Balaban J connectivity index is 2.48. The maximum absolute atomic E-state index is 11.7. The third kappa shape index (κ3) is 4.50. The van der Waals surface area contributed by atoms with E-state index in [4.69, 9.17) is 0 Å². The Morgan fingerprint density at radius 3 is 2.58 bits per heavy atom. The van der Waals surface area contributed by atoms with Crippen LogP contribution >= 0.6 is 0 Å². The number of hydrogen-bond acceptors (Lipinski definition) is 4. The van der Waals surface area contributed by atoms with Crippen molar-refractivity contribution in [3.63, 3.8) is 0 Å². The van der Waals surface area contributed by atoms with Crippen molar-refractivity contribution in [3.8, 4) is 11.5 Å². The standard InChI is InChI=1S/C13H18N2O4/c1-8(2)15-11(17)6-7-14-13(19)9-4-3-5-10(16)12(9)18/h3-5,8,16,18H,6-7H2,1-2H3,(H,14,19)(H,15,17). The van der Waals surface area contributed by atoms with E-state index in [-0.39, 0.29) is 36.2 Å². The van der Waals surface area contributed by atoms with Crippen LogP contribution in [0.4, 0.5) is 0 Å². The summed E-state index contributed by atoms with van der Waals surface area (Å²) in [4.78, 5) is 23.0. The first-order valence-corrected chi connectivity index (χ1v) is 6.00. The Labute approximate surface area is 111 Å². The van der Waals surface area contributed by atoms with Crippen molar-refractivity contribution in [1.82, 2.24) is 10.6 Å². The smallest absolute Gasteiger partial charge is 0.255 e. The van der Waals surface area contributed by atoms with Crippen LogP contribution in [0.5, 0.6) is 11.5 Å². The fraction of sp³-hybridized carbons (Fsp3) is 0.385. The predicted octanol–water partition coefficient (Wildman–Crippen LogP) is 0.742. The number of amides is 2. The number of carbonyl (C=O) groups is 2. The fourth-order valence-electron chi connectivity index (χ4n) is 1.49. The molecule has 0 atom stereocenters. The number of para-hydroxylation sites is 1. The zero-order valence-electron chi connectivity index (χ0n) is 10.9. The average Bonchev–Trinajstić information content (AvgIpc) is 2.31. The van der Waals surface area contributed by atoms with Gasteiger partial charge in [-0.3, -0.25) is 9.59 Å². The van der Waals surface area contributed by atoms with Gasteiger partial charge in [0.25, 0.3) is 5.91 Å². The number of hydrogen-bond donors (Lipinski definition) is 4. The van der Waals surface area contributed by atoms with Crippen LogP contribution in [0.1, 0.15) is 30.6 Å². The minimum atomic E-state index is -0.536. The summed E-state index contributed by atoms with van der Waals surface area (Å²) in [6, 6.07) is 4.18. The lowest BCUT2D eigenvalue weighted by Gasteiger charge is -2.09. The molecule has 104 valence electrons. The quantitative estimate of drug-likeness (QED) is 0.591. The van der Waals surface area contributed by atoms with Crippen LogP contribution < -0.4 is 10.6 Å². The van der Waals surface area contributed by atoms with Crippen molar-refractivity contribution in [2.75, 3.05) is 6.54 Å².